The standard InChI is InChI=1S/C15H26N4O/c1-4-7-11(2)10-14(20)16-12(3)15-18-17-13-8-5-6-9-19(13)15/h11-12H,4-10H2,1-3H3,(H,16,20)/t11-,12+/m1/s1. The number of amides is 1. The lowest BCUT2D eigenvalue weighted by molar-refractivity contribution is -0.122. The van der Waals surface area contributed by atoms with Gasteiger partial charge in [0.25, 0.3) is 0 Å². The Bertz CT molecular complexity index is 455. The van der Waals surface area contributed by atoms with E-state index in [-0.39, 0.29) is 11.9 Å². The molecule has 5 heteroatoms. The third kappa shape index (κ3) is 3.58. The van der Waals surface area contributed by atoms with Gasteiger partial charge in [-0.05, 0) is 25.7 Å². The zero-order valence-corrected chi connectivity index (χ0v) is 12.9. The van der Waals surface area contributed by atoms with Crippen LogP contribution in [0.15, 0.2) is 0 Å². The first kappa shape index (κ1) is 15.0. The summed E-state index contributed by atoms with van der Waals surface area (Å²) in [6.45, 7) is 7.25. The van der Waals surface area contributed by atoms with Crippen LogP contribution in [0.4, 0.5) is 0 Å². The molecule has 2 atom stereocenters. The molecule has 2 heterocycles. The number of rotatable bonds is 6. The number of nitrogens with zero attached hydrogens (tertiary/aromatic N) is 3. The number of hydrogen-bond donors (Lipinski definition) is 1. The molecule has 20 heavy (non-hydrogen) atoms. The lowest BCUT2D eigenvalue weighted by Gasteiger charge is -2.19. The van der Waals surface area contributed by atoms with Crippen LogP contribution < -0.4 is 5.32 Å². The van der Waals surface area contributed by atoms with Gasteiger partial charge in [-0.25, -0.2) is 0 Å². The highest BCUT2D eigenvalue weighted by atomic mass is 16.1. The molecule has 1 N–H and O–H groups in total. The van der Waals surface area contributed by atoms with Crippen LogP contribution in [0.1, 0.15) is 70.6 Å². The minimum atomic E-state index is -0.0596. The molecular weight excluding hydrogens is 252 g/mol. The Morgan fingerprint density at radius 1 is 1.35 bits per heavy atom. The third-order valence-corrected chi connectivity index (χ3v) is 3.97. The first-order valence-corrected chi connectivity index (χ1v) is 7.83. The molecule has 0 saturated carbocycles. The number of fused-ring (bicyclic) bond motifs is 1. The minimum absolute atomic E-state index is 0.0596. The summed E-state index contributed by atoms with van der Waals surface area (Å²) < 4.78 is 2.17. The highest BCUT2D eigenvalue weighted by molar-refractivity contribution is 5.76. The second kappa shape index (κ2) is 6.86. The van der Waals surface area contributed by atoms with E-state index < -0.39 is 0 Å². The fourth-order valence-corrected chi connectivity index (χ4v) is 2.93. The van der Waals surface area contributed by atoms with Gasteiger partial charge in [0.15, 0.2) is 5.82 Å². The fraction of sp³-hybridized carbons (Fsp3) is 0.800. The van der Waals surface area contributed by atoms with Gasteiger partial charge in [-0.1, -0.05) is 26.7 Å². The molecule has 1 amide bonds. The maximum atomic E-state index is 12.0. The lowest BCUT2D eigenvalue weighted by atomic mass is 10.0. The van der Waals surface area contributed by atoms with Crippen LogP contribution >= 0.6 is 0 Å². The minimum Gasteiger partial charge on any atom is -0.346 e. The Labute approximate surface area is 121 Å². The topological polar surface area (TPSA) is 59.8 Å². The maximum Gasteiger partial charge on any atom is 0.220 e. The first-order valence-electron chi connectivity index (χ1n) is 7.83. The van der Waals surface area contributed by atoms with Crippen molar-refractivity contribution in [3.63, 3.8) is 0 Å². The summed E-state index contributed by atoms with van der Waals surface area (Å²) >= 11 is 0. The van der Waals surface area contributed by atoms with E-state index in [4.69, 9.17) is 0 Å². The molecule has 112 valence electrons. The number of hydrogen-bond acceptors (Lipinski definition) is 3. The fourth-order valence-electron chi connectivity index (χ4n) is 2.93. The SMILES string of the molecule is CCC[C@@H](C)CC(=O)N[C@@H](C)c1nnc2n1CCCC2. The summed E-state index contributed by atoms with van der Waals surface area (Å²) in [5.41, 5.74) is 0. The van der Waals surface area contributed by atoms with E-state index in [2.05, 4.69) is 33.9 Å². The van der Waals surface area contributed by atoms with Gasteiger partial charge in [0.2, 0.25) is 5.91 Å². The molecule has 5 nitrogen and oxygen atoms in total. The van der Waals surface area contributed by atoms with Gasteiger partial charge in [-0.2, -0.15) is 0 Å². The molecule has 0 saturated heterocycles. The van der Waals surface area contributed by atoms with Gasteiger partial charge in [0, 0.05) is 19.4 Å². The van der Waals surface area contributed by atoms with Crippen molar-refractivity contribution in [2.75, 3.05) is 0 Å². The third-order valence-electron chi connectivity index (χ3n) is 3.97. The maximum absolute atomic E-state index is 12.0. The lowest BCUT2D eigenvalue weighted by Crippen LogP contribution is -2.30. The zero-order valence-electron chi connectivity index (χ0n) is 12.9. The number of carbonyl (C=O) groups is 1. The number of nitrogens with one attached hydrogen (secondary N) is 1. The van der Waals surface area contributed by atoms with Crippen molar-refractivity contribution in [1.82, 2.24) is 20.1 Å². The molecule has 0 radical (unpaired) electrons. The van der Waals surface area contributed by atoms with Crippen LogP contribution in [0.2, 0.25) is 0 Å². The molecule has 0 aromatic carbocycles. The Balaban J connectivity index is 1.93. The van der Waals surface area contributed by atoms with Gasteiger partial charge in [-0.3, -0.25) is 4.79 Å². The molecular formula is C15H26N4O. The quantitative estimate of drug-likeness (QED) is 0.870. The van der Waals surface area contributed by atoms with E-state index in [1.54, 1.807) is 0 Å². The van der Waals surface area contributed by atoms with E-state index >= 15 is 0 Å². The number of aryl methyl sites for hydroxylation is 1. The van der Waals surface area contributed by atoms with Crippen molar-refractivity contribution in [3.05, 3.63) is 11.6 Å². The molecule has 0 aliphatic carbocycles. The summed E-state index contributed by atoms with van der Waals surface area (Å²) in [6.07, 6.45) is 6.18. The van der Waals surface area contributed by atoms with E-state index in [1.807, 2.05) is 6.92 Å². The van der Waals surface area contributed by atoms with Crippen LogP contribution in [0.3, 0.4) is 0 Å². The van der Waals surface area contributed by atoms with Crippen LogP contribution in [-0.4, -0.2) is 20.7 Å². The highest BCUT2D eigenvalue weighted by Gasteiger charge is 2.21. The molecule has 1 aliphatic heterocycles. The molecule has 0 bridgehead atoms. The highest BCUT2D eigenvalue weighted by Crippen LogP contribution is 2.19. The average molecular weight is 278 g/mol. The van der Waals surface area contributed by atoms with Gasteiger partial charge < -0.3 is 9.88 Å². The predicted octanol–water partition coefficient (Wildman–Crippen LogP) is 2.62. The van der Waals surface area contributed by atoms with Crippen molar-refractivity contribution in [2.24, 2.45) is 5.92 Å². The van der Waals surface area contributed by atoms with Crippen molar-refractivity contribution in [2.45, 2.75) is 71.9 Å². The molecule has 1 aliphatic rings. The molecule has 0 spiro atoms. The molecule has 0 unspecified atom stereocenters. The summed E-state index contributed by atoms with van der Waals surface area (Å²) in [5.74, 6) is 2.52. The molecule has 2 rings (SSSR count). The number of aromatic nitrogens is 3. The van der Waals surface area contributed by atoms with Crippen molar-refractivity contribution < 1.29 is 4.79 Å². The van der Waals surface area contributed by atoms with Crippen LogP contribution in [0.5, 0.6) is 0 Å². The first-order chi connectivity index (χ1) is 9.61. The monoisotopic (exact) mass is 278 g/mol. The van der Waals surface area contributed by atoms with Gasteiger partial charge in [0.1, 0.15) is 5.82 Å². The average Bonchev–Trinajstić information content (AvgIpc) is 2.82. The number of carbonyl (C=O) groups excluding carboxylic acids is 1. The Morgan fingerprint density at radius 2 is 2.15 bits per heavy atom. The van der Waals surface area contributed by atoms with Gasteiger partial charge >= 0.3 is 0 Å². The second-order valence-electron chi connectivity index (χ2n) is 5.97. The van der Waals surface area contributed by atoms with Gasteiger partial charge in [-0.15, -0.1) is 10.2 Å². The van der Waals surface area contributed by atoms with E-state index in [0.29, 0.717) is 12.3 Å². The summed E-state index contributed by atoms with van der Waals surface area (Å²) in [6, 6.07) is -0.0596. The van der Waals surface area contributed by atoms with Crippen molar-refractivity contribution in [1.29, 1.82) is 0 Å². The van der Waals surface area contributed by atoms with E-state index in [1.165, 1.54) is 12.8 Å². The van der Waals surface area contributed by atoms with Crippen LogP contribution in [0, 0.1) is 5.92 Å². The van der Waals surface area contributed by atoms with Gasteiger partial charge in [0.05, 0.1) is 6.04 Å². The van der Waals surface area contributed by atoms with Crippen LogP contribution in [-0.2, 0) is 17.8 Å². The van der Waals surface area contributed by atoms with E-state index in [9.17, 15) is 4.79 Å². The second-order valence-corrected chi connectivity index (χ2v) is 5.97. The smallest absolute Gasteiger partial charge is 0.220 e. The molecule has 1 aromatic rings. The summed E-state index contributed by atoms with van der Waals surface area (Å²) in [5, 5.41) is 11.6. The Hall–Kier alpha value is -1.39. The van der Waals surface area contributed by atoms with Crippen molar-refractivity contribution in [3.8, 4) is 0 Å². The Morgan fingerprint density at radius 3 is 2.90 bits per heavy atom. The Kier molecular flexibility index (Phi) is 5.15. The van der Waals surface area contributed by atoms with Crippen LogP contribution in [0.25, 0.3) is 0 Å². The normalized spacial score (nSPS) is 17.4. The summed E-state index contributed by atoms with van der Waals surface area (Å²) in [7, 11) is 0. The largest absolute Gasteiger partial charge is 0.346 e. The summed E-state index contributed by atoms with van der Waals surface area (Å²) in [4.78, 5) is 12.0. The molecule has 0 fully saturated rings. The van der Waals surface area contributed by atoms with Crippen molar-refractivity contribution >= 4 is 5.91 Å². The molecule has 1 aromatic heterocycles. The van der Waals surface area contributed by atoms with E-state index in [0.717, 1.165) is 37.5 Å². The zero-order chi connectivity index (χ0) is 14.5. The predicted molar refractivity (Wildman–Crippen MR) is 78.2 cm³/mol.